The summed E-state index contributed by atoms with van der Waals surface area (Å²) in [5.41, 5.74) is -1.07. The number of carboxylic acid groups (broad SMARTS) is 1. The largest absolute Gasteiger partial charge is 0.465 e. The van der Waals surface area contributed by atoms with Crippen molar-refractivity contribution in [1.29, 1.82) is 0 Å². The third-order valence-electron chi connectivity index (χ3n) is 2.99. The molecule has 0 aromatic carbocycles. The Balaban J connectivity index is 2.65. The van der Waals surface area contributed by atoms with Crippen LogP contribution in [0.5, 0.6) is 0 Å². The second-order valence-electron chi connectivity index (χ2n) is 4.87. The Morgan fingerprint density at radius 3 is 2.71 bits per heavy atom. The van der Waals surface area contributed by atoms with Crippen molar-refractivity contribution in [2.24, 2.45) is 0 Å². The topological polar surface area (TPSA) is 81.7 Å². The van der Waals surface area contributed by atoms with E-state index >= 15 is 0 Å². The van der Waals surface area contributed by atoms with E-state index in [1.807, 2.05) is 0 Å². The van der Waals surface area contributed by atoms with Crippen molar-refractivity contribution in [3.8, 4) is 0 Å². The minimum atomic E-state index is -1.18. The Morgan fingerprint density at radius 2 is 2.18 bits per heavy atom. The Kier molecular flexibility index (Phi) is 4.34. The molecule has 6 heteroatoms. The van der Waals surface area contributed by atoms with Gasteiger partial charge in [0.05, 0.1) is 0 Å². The zero-order valence-corrected chi connectivity index (χ0v) is 10.6. The molecule has 1 unspecified atom stereocenters. The highest BCUT2D eigenvalue weighted by molar-refractivity contribution is 5.88. The lowest BCUT2D eigenvalue weighted by atomic mass is 10.0. The van der Waals surface area contributed by atoms with Crippen LogP contribution in [0.25, 0.3) is 0 Å². The second-order valence-corrected chi connectivity index (χ2v) is 4.87. The molecule has 1 saturated heterocycles. The van der Waals surface area contributed by atoms with Gasteiger partial charge in [-0.1, -0.05) is 6.92 Å². The van der Waals surface area contributed by atoms with E-state index in [2.05, 4.69) is 17.6 Å². The molecule has 0 saturated carbocycles. The van der Waals surface area contributed by atoms with Gasteiger partial charge < -0.3 is 20.6 Å². The van der Waals surface area contributed by atoms with Crippen molar-refractivity contribution < 1.29 is 14.7 Å². The summed E-state index contributed by atoms with van der Waals surface area (Å²) < 4.78 is 0. The third-order valence-corrected chi connectivity index (χ3v) is 2.99. The van der Waals surface area contributed by atoms with Crippen molar-refractivity contribution in [2.45, 2.75) is 38.8 Å². The minimum Gasteiger partial charge on any atom is -0.465 e. The van der Waals surface area contributed by atoms with Gasteiger partial charge >= 0.3 is 6.09 Å². The van der Waals surface area contributed by atoms with Gasteiger partial charge in [-0.15, -0.1) is 0 Å². The molecule has 0 aliphatic carbocycles. The van der Waals surface area contributed by atoms with Crippen molar-refractivity contribution in [3.63, 3.8) is 0 Å². The van der Waals surface area contributed by atoms with E-state index in [-0.39, 0.29) is 5.91 Å². The SMILES string of the molecule is CCC1CN(C(=O)C(C)(C)NC(=O)O)CCN1. The Labute approximate surface area is 101 Å². The Hall–Kier alpha value is -1.30. The average Bonchev–Trinajstić information content (AvgIpc) is 2.26. The summed E-state index contributed by atoms with van der Waals surface area (Å²) in [6.45, 7) is 7.26. The fraction of sp³-hybridized carbons (Fsp3) is 0.818. The van der Waals surface area contributed by atoms with Crippen LogP contribution in [0.3, 0.4) is 0 Å². The smallest absolute Gasteiger partial charge is 0.405 e. The van der Waals surface area contributed by atoms with Gasteiger partial charge in [0.25, 0.3) is 0 Å². The number of nitrogens with zero attached hydrogens (tertiary/aromatic N) is 1. The van der Waals surface area contributed by atoms with Gasteiger partial charge in [0, 0.05) is 25.7 Å². The van der Waals surface area contributed by atoms with E-state index in [0.717, 1.165) is 13.0 Å². The van der Waals surface area contributed by atoms with E-state index < -0.39 is 11.6 Å². The van der Waals surface area contributed by atoms with E-state index in [9.17, 15) is 9.59 Å². The van der Waals surface area contributed by atoms with Crippen molar-refractivity contribution in [3.05, 3.63) is 0 Å². The van der Waals surface area contributed by atoms with Gasteiger partial charge in [-0.2, -0.15) is 0 Å². The molecule has 98 valence electrons. The van der Waals surface area contributed by atoms with Gasteiger partial charge in [-0.25, -0.2) is 4.79 Å². The van der Waals surface area contributed by atoms with Gasteiger partial charge in [-0.05, 0) is 20.3 Å². The summed E-state index contributed by atoms with van der Waals surface area (Å²) in [5, 5.41) is 14.3. The van der Waals surface area contributed by atoms with Crippen LogP contribution in [0.2, 0.25) is 0 Å². The number of piperazine rings is 1. The quantitative estimate of drug-likeness (QED) is 0.663. The van der Waals surface area contributed by atoms with Crippen LogP contribution in [-0.2, 0) is 4.79 Å². The maximum absolute atomic E-state index is 12.2. The average molecular weight is 243 g/mol. The highest BCUT2D eigenvalue weighted by Crippen LogP contribution is 2.11. The lowest BCUT2D eigenvalue weighted by molar-refractivity contribution is -0.138. The lowest BCUT2D eigenvalue weighted by Crippen LogP contribution is -2.61. The monoisotopic (exact) mass is 243 g/mol. The predicted molar refractivity (Wildman–Crippen MR) is 63.9 cm³/mol. The van der Waals surface area contributed by atoms with E-state index in [1.54, 1.807) is 18.7 Å². The van der Waals surface area contributed by atoms with E-state index in [4.69, 9.17) is 5.11 Å². The molecule has 1 atom stereocenters. The number of rotatable bonds is 3. The second kappa shape index (κ2) is 5.35. The third kappa shape index (κ3) is 3.59. The molecule has 1 rings (SSSR count). The highest BCUT2D eigenvalue weighted by Gasteiger charge is 2.35. The fourth-order valence-corrected chi connectivity index (χ4v) is 2.00. The van der Waals surface area contributed by atoms with Crippen LogP contribution in [0, 0.1) is 0 Å². The first-order valence-corrected chi connectivity index (χ1v) is 5.90. The zero-order chi connectivity index (χ0) is 13.1. The van der Waals surface area contributed by atoms with Crippen LogP contribution in [-0.4, -0.2) is 53.2 Å². The summed E-state index contributed by atoms with van der Waals surface area (Å²) in [5.74, 6) is -0.167. The van der Waals surface area contributed by atoms with Crippen molar-refractivity contribution in [2.75, 3.05) is 19.6 Å². The first-order valence-electron chi connectivity index (χ1n) is 5.90. The molecule has 3 N–H and O–H groups in total. The normalized spacial score (nSPS) is 21.1. The highest BCUT2D eigenvalue weighted by atomic mass is 16.4. The van der Waals surface area contributed by atoms with Crippen molar-refractivity contribution >= 4 is 12.0 Å². The summed E-state index contributed by atoms with van der Waals surface area (Å²) in [7, 11) is 0. The zero-order valence-electron chi connectivity index (χ0n) is 10.6. The minimum absolute atomic E-state index is 0.167. The molecule has 2 amide bonds. The Morgan fingerprint density at radius 1 is 1.53 bits per heavy atom. The van der Waals surface area contributed by atoms with Crippen LogP contribution in [0.1, 0.15) is 27.2 Å². The molecule has 1 heterocycles. The predicted octanol–water partition coefficient (Wildman–Crippen LogP) is 0.243. The molecule has 17 heavy (non-hydrogen) atoms. The number of carbonyl (C=O) groups excluding carboxylic acids is 1. The summed E-state index contributed by atoms with van der Waals surface area (Å²) in [4.78, 5) is 24.5. The molecule has 6 nitrogen and oxygen atoms in total. The molecule has 0 spiro atoms. The van der Waals surface area contributed by atoms with Gasteiger partial charge in [0.2, 0.25) is 5.91 Å². The number of hydrogen-bond donors (Lipinski definition) is 3. The standard InChI is InChI=1S/C11H21N3O3/c1-4-8-7-14(6-5-12-8)9(15)11(2,3)13-10(16)17/h8,12-13H,4-7H2,1-3H3,(H,16,17). The first-order chi connectivity index (χ1) is 7.86. The fourth-order valence-electron chi connectivity index (χ4n) is 2.00. The molecular weight excluding hydrogens is 222 g/mol. The molecular formula is C11H21N3O3. The Bertz CT molecular complexity index is 304. The van der Waals surface area contributed by atoms with Crippen LogP contribution in [0.4, 0.5) is 4.79 Å². The number of nitrogens with one attached hydrogen (secondary N) is 2. The summed E-state index contributed by atoms with van der Waals surface area (Å²) >= 11 is 0. The van der Waals surface area contributed by atoms with Crippen LogP contribution in [0.15, 0.2) is 0 Å². The van der Waals surface area contributed by atoms with Gasteiger partial charge in [0.1, 0.15) is 5.54 Å². The van der Waals surface area contributed by atoms with Gasteiger partial charge in [-0.3, -0.25) is 4.79 Å². The van der Waals surface area contributed by atoms with Crippen LogP contribution >= 0.6 is 0 Å². The molecule has 1 fully saturated rings. The van der Waals surface area contributed by atoms with E-state index in [1.165, 1.54) is 0 Å². The van der Waals surface area contributed by atoms with Crippen molar-refractivity contribution in [1.82, 2.24) is 15.5 Å². The summed E-state index contributed by atoms with van der Waals surface area (Å²) in [6, 6.07) is 0.299. The molecule has 0 aromatic heterocycles. The maximum Gasteiger partial charge on any atom is 0.405 e. The molecule has 0 aromatic rings. The molecule has 0 radical (unpaired) electrons. The number of amides is 2. The number of carbonyl (C=O) groups is 2. The van der Waals surface area contributed by atoms with Gasteiger partial charge in [0.15, 0.2) is 0 Å². The van der Waals surface area contributed by atoms with E-state index in [0.29, 0.717) is 19.1 Å². The maximum atomic E-state index is 12.2. The molecule has 1 aliphatic rings. The summed E-state index contributed by atoms with van der Waals surface area (Å²) in [6.07, 6.45) is -0.221. The molecule has 1 aliphatic heterocycles. The molecule has 0 bridgehead atoms. The lowest BCUT2D eigenvalue weighted by Gasteiger charge is -2.37. The number of hydrogen-bond acceptors (Lipinski definition) is 3. The van der Waals surface area contributed by atoms with Crippen LogP contribution < -0.4 is 10.6 Å². The first kappa shape index (κ1) is 13.8.